The summed E-state index contributed by atoms with van der Waals surface area (Å²) in [5.41, 5.74) is 3.11. The molecule has 1 saturated carbocycles. The molecule has 2 atom stereocenters. The minimum Gasteiger partial charge on any atom is -0.377 e. The molecule has 1 aliphatic carbocycles. The number of carbonyl (C=O) groups excluding carboxylic acids is 1. The van der Waals surface area contributed by atoms with Gasteiger partial charge in [0, 0.05) is 17.3 Å². The number of benzene rings is 1. The zero-order valence-corrected chi connectivity index (χ0v) is 13.5. The van der Waals surface area contributed by atoms with Gasteiger partial charge in [-0.05, 0) is 49.3 Å². The number of ketones is 1. The third-order valence-corrected chi connectivity index (χ3v) is 5.08. The monoisotopic (exact) mass is 323 g/mol. The van der Waals surface area contributed by atoms with E-state index in [9.17, 15) is 4.79 Å². The maximum absolute atomic E-state index is 11.7. The molecule has 1 aliphatic heterocycles. The third kappa shape index (κ3) is 3.09. The summed E-state index contributed by atoms with van der Waals surface area (Å²) in [6.07, 6.45) is 9.04. The summed E-state index contributed by atoms with van der Waals surface area (Å²) in [5, 5.41) is 14.5. The fourth-order valence-corrected chi connectivity index (χ4v) is 3.81. The molecule has 4 rings (SSSR count). The van der Waals surface area contributed by atoms with Crippen LogP contribution < -0.4 is 10.6 Å². The summed E-state index contributed by atoms with van der Waals surface area (Å²) >= 11 is 0. The van der Waals surface area contributed by atoms with Gasteiger partial charge < -0.3 is 10.6 Å². The summed E-state index contributed by atoms with van der Waals surface area (Å²) in [5.74, 6) is 1.43. The molecule has 1 aromatic carbocycles. The Morgan fingerprint density at radius 2 is 2.21 bits per heavy atom. The van der Waals surface area contributed by atoms with Crippen molar-refractivity contribution in [3.8, 4) is 0 Å². The minimum absolute atomic E-state index is 0.188. The number of nitrogens with one attached hydrogen (secondary N) is 2. The lowest BCUT2D eigenvalue weighted by molar-refractivity contribution is 0.101. The van der Waals surface area contributed by atoms with Crippen molar-refractivity contribution in [2.45, 2.75) is 38.1 Å². The van der Waals surface area contributed by atoms with Crippen LogP contribution in [0, 0.1) is 5.92 Å². The molecule has 1 fully saturated rings. The van der Waals surface area contributed by atoms with E-state index in [0.29, 0.717) is 24.5 Å². The molecule has 1 aromatic heterocycles. The zero-order valence-electron chi connectivity index (χ0n) is 13.5. The molecule has 0 amide bonds. The van der Waals surface area contributed by atoms with Gasteiger partial charge in [0.15, 0.2) is 5.78 Å². The molecule has 2 aromatic rings. The van der Waals surface area contributed by atoms with Gasteiger partial charge in [-0.1, -0.05) is 12.5 Å². The third-order valence-electron chi connectivity index (χ3n) is 5.08. The minimum atomic E-state index is 0.188. The second-order valence-corrected chi connectivity index (χ2v) is 6.60. The van der Waals surface area contributed by atoms with Crippen LogP contribution in [0.25, 0.3) is 0 Å². The summed E-state index contributed by atoms with van der Waals surface area (Å²) in [4.78, 5) is 15.9. The van der Waals surface area contributed by atoms with Crippen LogP contribution in [-0.2, 0) is 6.42 Å². The normalized spacial score (nSPS) is 22.2. The van der Waals surface area contributed by atoms with Crippen LogP contribution in [0.1, 0.15) is 41.6 Å². The lowest BCUT2D eigenvalue weighted by Crippen LogP contribution is -2.25. The van der Waals surface area contributed by atoms with Crippen LogP contribution in [0.3, 0.4) is 0 Å². The highest BCUT2D eigenvalue weighted by Gasteiger charge is 2.27. The van der Waals surface area contributed by atoms with Crippen molar-refractivity contribution in [1.29, 1.82) is 0 Å². The van der Waals surface area contributed by atoms with Crippen LogP contribution in [0.5, 0.6) is 0 Å². The van der Waals surface area contributed by atoms with Crippen molar-refractivity contribution < 1.29 is 4.79 Å². The van der Waals surface area contributed by atoms with Gasteiger partial charge in [0.25, 0.3) is 0 Å². The van der Waals surface area contributed by atoms with Crippen molar-refractivity contribution in [3.63, 3.8) is 0 Å². The summed E-state index contributed by atoms with van der Waals surface area (Å²) in [7, 11) is 0. The number of hydrogen-bond donors (Lipinski definition) is 2. The highest BCUT2D eigenvalue weighted by atomic mass is 16.1. The van der Waals surface area contributed by atoms with E-state index in [1.807, 2.05) is 6.07 Å². The molecule has 124 valence electrons. The van der Waals surface area contributed by atoms with E-state index in [1.165, 1.54) is 18.4 Å². The molecule has 0 saturated heterocycles. The topological polar surface area (TPSA) is 79.8 Å². The number of hydrogen-bond acceptors (Lipinski definition) is 6. The van der Waals surface area contributed by atoms with Gasteiger partial charge in [0.1, 0.15) is 0 Å². The Bertz CT molecular complexity index is 733. The molecule has 24 heavy (non-hydrogen) atoms. The van der Waals surface area contributed by atoms with Gasteiger partial charge in [-0.15, -0.1) is 5.10 Å². The quantitative estimate of drug-likeness (QED) is 0.880. The van der Waals surface area contributed by atoms with Gasteiger partial charge in [0.2, 0.25) is 5.95 Å². The first-order chi connectivity index (χ1) is 11.8. The molecule has 6 nitrogen and oxygen atoms in total. The average Bonchev–Trinajstić information content (AvgIpc) is 3.21. The first-order valence-corrected chi connectivity index (χ1v) is 8.60. The van der Waals surface area contributed by atoms with Crippen molar-refractivity contribution >= 4 is 17.4 Å². The Morgan fingerprint density at radius 3 is 3.08 bits per heavy atom. The Hall–Kier alpha value is -2.50. The summed E-state index contributed by atoms with van der Waals surface area (Å²) < 4.78 is 0. The van der Waals surface area contributed by atoms with Gasteiger partial charge in [0.05, 0.1) is 18.9 Å². The number of carbonyl (C=O) groups is 1. The van der Waals surface area contributed by atoms with Gasteiger partial charge in [-0.3, -0.25) is 4.79 Å². The van der Waals surface area contributed by atoms with E-state index in [1.54, 1.807) is 12.4 Å². The maximum atomic E-state index is 11.7. The number of nitrogens with zero attached hydrogens (tertiary/aromatic N) is 3. The Labute approximate surface area is 141 Å². The molecule has 0 spiro atoms. The molecule has 2 unspecified atom stereocenters. The van der Waals surface area contributed by atoms with Gasteiger partial charge in [-0.25, -0.2) is 4.98 Å². The fraction of sp³-hybridized carbons (Fsp3) is 0.444. The van der Waals surface area contributed by atoms with Crippen molar-refractivity contribution in [1.82, 2.24) is 15.2 Å². The predicted molar refractivity (Wildman–Crippen MR) is 92.2 cm³/mol. The van der Waals surface area contributed by atoms with Crippen molar-refractivity contribution in [3.05, 3.63) is 41.7 Å². The standard InChI is InChI=1S/C18H21N5O/c24-17-11-20-16-10-12(5-7-14(16)17)4-6-13-2-1-3-15(13)22-18-19-8-9-21-23-18/h5,7-10,13,15,20H,1-4,6,11H2,(H,19,22,23). The highest BCUT2D eigenvalue weighted by Crippen LogP contribution is 2.32. The second kappa shape index (κ2) is 6.55. The largest absolute Gasteiger partial charge is 0.377 e. The molecular formula is C18H21N5O. The van der Waals surface area contributed by atoms with Crippen LogP contribution in [0.4, 0.5) is 11.6 Å². The van der Waals surface area contributed by atoms with Crippen LogP contribution in [-0.4, -0.2) is 33.6 Å². The SMILES string of the molecule is O=C1CNc2cc(CCC3CCCC3Nc3nccnn3)ccc21. The average molecular weight is 323 g/mol. The Balaban J connectivity index is 1.37. The number of fused-ring (bicyclic) bond motifs is 1. The number of aryl methyl sites for hydroxylation is 1. The molecule has 2 N–H and O–H groups in total. The molecular weight excluding hydrogens is 302 g/mol. The Morgan fingerprint density at radius 1 is 1.25 bits per heavy atom. The first kappa shape index (κ1) is 15.1. The maximum Gasteiger partial charge on any atom is 0.242 e. The molecule has 2 aliphatic rings. The highest BCUT2D eigenvalue weighted by molar-refractivity contribution is 6.07. The lowest BCUT2D eigenvalue weighted by atomic mass is 9.94. The predicted octanol–water partition coefficient (Wildman–Crippen LogP) is 2.69. The smallest absolute Gasteiger partial charge is 0.242 e. The van der Waals surface area contributed by atoms with Gasteiger partial charge >= 0.3 is 0 Å². The van der Waals surface area contributed by atoms with E-state index in [-0.39, 0.29) is 5.78 Å². The second-order valence-electron chi connectivity index (χ2n) is 6.60. The number of anilines is 2. The summed E-state index contributed by atoms with van der Waals surface area (Å²) in [6.45, 7) is 0.429. The van der Waals surface area contributed by atoms with Crippen molar-refractivity contribution in [2.75, 3.05) is 17.2 Å². The van der Waals surface area contributed by atoms with Gasteiger partial charge in [-0.2, -0.15) is 5.10 Å². The molecule has 2 heterocycles. The van der Waals surface area contributed by atoms with Crippen LogP contribution in [0.2, 0.25) is 0 Å². The van der Waals surface area contributed by atoms with Crippen LogP contribution >= 0.6 is 0 Å². The molecule has 6 heteroatoms. The van der Waals surface area contributed by atoms with E-state index in [2.05, 4.69) is 37.9 Å². The number of rotatable bonds is 5. The zero-order chi connectivity index (χ0) is 16.4. The lowest BCUT2D eigenvalue weighted by Gasteiger charge is -2.20. The van der Waals surface area contributed by atoms with E-state index < -0.39 is 0 Å². The molecule has 0 radical (unpaired) electrons. The summed E-state index contributed by atoms with van der Waals surface area (Å²) in [6, 6.07) is 6.59. The Kier molecular flexibility index (Phi) is 4.11. The van der Waals surface area contributed by atoms with E-state index >= 15 is 0 Å². The van der Waals surface area contributed by atoms with Crippen LogP contribution in [0.15, 0.2) is 30.6 Å². The van der Waals surface area contributed by atoms with Crippen molar-refractivity contribution in [2.24, 2.45) is 5.92 Å². The number of Topliss-reactive ketones (excluding diaryl/α,β-unsaturated/α-hetero) is 1. The molecule has 0 bridgehead atoms. The number of aromatic nitrogens is 3. The van der Waals surface area contributed by atoms with E-state index in [4.69, 9.17) is 0 Å². The fourth-order valence-electron chi connectivity index (χ4n) is 3.81. The van der Waals surface area contributed by atoms with E-state index in [0.717, 1.165) is 30.5 Å². The first-order valence-electron chi connectivity index (χ1n) is 8.60.